The third-order valence-corrected chi connectivity index (χ3v) is 5.53. The maximum Gasteiger partial charge on any atom is 0.275 e. The molecule has 3 aromatic carbocycles. The van der Waals surface area contributed by atoms with Crippen molar-refractivity contribution in [2.24, 2.45) is 12.1 Å². The molecule has 0 radical (unpaired) electrons. The molecule has 0 fully saturated rings. The third kappa shape index (κ3) is 3.63. The molecule has 0 saturated heterocycles. The van der Waals surface area contributed by atoms with E-state index in [0.717, 1.165) is 37.6 Å². The van der Waals surface area contributed by atoms with Crippen LogP contribution in [-0.4, -0.2) is 21.3 Å². The van der Waals surface area contributed by atoms with Gasteiger partial charge in [-0.1, -0.05) is 47.1 Å². The highest BCUT2D eigenvalue weighted by Gasteiger charge is 2.14. The van der Waals surface area contributed by atoms with Gasteiger partial charge >= 0.3 is 0 Å². The average molecular weight is 450 g/mol. The fourth-order valence-corrected chi connectivity index (χ4v) is 3.88. The number of aromatic nitrogens is 1. The van der Waals surface area contributed by atoms with Crippen molar-refractivity contribution in [1.29, 1.82) is 0 Å². The van der Waals surface area contributed by atoms with Crippen LogP contribution in [0.25, 0.3) is 21.7 Å². The van der Waals surface area contributed by atoms with E-state index in [1.165, 1.54) is 0 Å². The van der Waals surface area contributed by atoms with Crippen molar-refractivity contribution in [2.45, 2.75) is 13.3 Å². The van der Waals surface area contributed by atoms with Crippen molar-refractivity contribution in [3.05, 3.63) is 76.4 Å². The molecule has 5 nitrogen and oxygen atoms in total. The van der Waals surface area contributed by atoms with Gasteiger partial charge in [-0.2, -0.15) is 5.10 Å². The second-order valence-electron chi connectivity index (χ2n) is 6.86. The number of benzene rings is 3. The predicted molar refractivity (Wildman–Crippen MR) is 121 cm³/mol. The Balaban J connectivity index is 1.66. The summed E-state index contributed by atoms with van der Waals surface area (Å²) in [5.41, 5.74) is 5.58. The van der Waals surface area contributed by atoms with E-state index in [4.69, 9.17) is 0 Å². The number of carbonyl (C=O) groups excluding carboxylic acids is 1. The number of nitrogens with one attached hydrogen (secondary N) is 1. The van der Waals surface area contributed by atoms with Gasteiger partial charge in [0, 0.05) is 22.4 Å². The Morgan fingerprint density at radius 3 is 2.52 bits per heavy atom. The van der Waals surface area contributed by atoms with Gasteiger partial charge < -0.3 is 9.67 Å². The molecule has 0 spiro atoms. The molecule has 1 aromatic heterocycles. The Kier molecular flexibility index (Phi) is 5.11. The normalized spacial score (nSPS) is 11.9. The first kappa shape index (κ1) is 19.2. The summed E-state index contributed by atoms with van der Waals surface area (Å²) < 4.78 is 3.07. The van der Waals surface area contributed by atoms with Gasteiger partial charge in [-0.25, -0.2) is 5.43 Å². The maximum absolute atomic E-state index is 12.7. The summed E-state index contributed by atoms with van der Waals surface area (Å²) in [4.78, 5) is 12.7. The zero-order valence-electron chi connectivity index (χ0n) is 16.1. The first-order valence-electron chi connectivity index (χ1n) is 9.32. The molecule has 6 heteroatoms. The number of halogens is 1. The van der Waals surface area contributed by atoms with Gasteiger partial charge in [0.05, 0.1) is 17.0 Å². The number of phenolic OH excluding ortho intramolecular Hbond substituents is 1. The molecule has 1 heterocycles. The van der Waals surface area contributed by atoms with Gasteiger partial charge in [0.1, 0.15) is 5.75 Å². The standard InChI is InChI=1S/C23H20BrN3O2/c1-3-19(21-12-16-10-17(24)8-9-20(16)27(21)2)25-26-23(29)18-11-14-6-4-5-7-15(14)13-22(18)28/h4-13,28H,3H2,1-2H3,(H,26,29)/b25-19+. The Hall–Kier alpha value is -3.12. The second-order valence-corrected chi connectivity index (χ2v) is 7.78. The summed E-state index contributed by atoms with van der Waals surface area (Å²) in [6.45, 7) is 1.99. The van der Waals surface area contributed by atoms with Gasteiger partial charge in [-0.05, 0) is 53.6 Å². The van der Waals surface area contributed by atoms with Crippen LogP contribution in [0.5, 0.6) is 5.75 Å². The molecule has 146 valence electrons. The summed E-state index contributed by atoms with van der Waals surface area (Å²) in [7, 11) is 1.98. The lowest BCUT2D eigenvalue weighted by atomic mass is 10.1. The number of phenols is 1. The van der Waals surface area contributed by atoms with E-state index in [1.807, 2.05) is 50.4 Å². The molecular formula is C23H20BrN3O2. The van der Waals surface area contributed by atoms with Crippen LogP contribution in [0.3, 0.4) is 0 Å². The van der Waals surface area contributed by atoms with Crippen LogP contribution in [0.2, 0.25) is 0 Å². The minimum Gasteiger partial charge on any atom is -0.507 e. The fraction of sp³-hybridized carbons (Fsp3) is 0.130. The predicted octanol–water partition coefficient (Wildman–Crippen LogP) is 5.34. The number of aryl methyl sites for hydroxylation is 1. The number of carbonyl (C=O) groups is 1. The van der Waals surface area contributed by atoms with E-state index in [2.05, 4.69) is 43.2 Å². The number of aromatic hydroxyl groups is 1. The molecule has 0 aliphatic carbocycles. The summed E-state index contributed by atoms with van der Waals surface area (Å²) in [6, 6.07) is 19.0. The minimum atomic E-state index is -0.444. The Labute approximate surface area is 176 Å². The van der Waals surface area contributed by atoms with Crippen LogP contribution in [0, 0.1) is 0 Å². The fourth-order valence-electron chi connectivity index (χ4n) is 3.50. The monoisotopic (exact) mass is 449 g/mol. The zero-order valence-corrected chi connectivity index (χ0v) is 17.7. The smallest absolute Gasteiger partial charge is 0.275 e. The Bertz CT molecular complexity index is 1270. The number of hydrazone groups is 1. The lowest BCUT2D eigenvalue weighted by Crippen LogP contribution is -2.21. The molecule has 0 aliphatic heterocycles. The molecule has 29 heavy (non-hydrogen) atoms. The van der Waals surface area contributed by atoms with Gasteiger partial charge in [0.2, 0.25) is 0 Å². The minimum absolute atomic E-state index is 0.0658. The first-order valence-corrected chi connectivity index (χ1v) is 10.1. The average Bonchev–Trinajstić information content (AvgIpc) is 3.03. The van der Waals surface area contributed by atoms with Crippen molar-refractivity contribution < 1.29 is 9.90 Å². The maximum atomic E-state index is 12.7. The Morgan fingerprint density at radius 1 is 1.07 bits per heavy atom. The number of rotatable bonds is 4. The molecule has 0 unspecified atom stereocenters. The lowest BCUT2D eigenvalue weighted by molar-refractivity contribution is 0.0952. The van der Waals surface area contributed by atoms with Crippen LogP contribution in [0.15, 0.2) is 70.2 Å². The topological polar surface area (TPSA) is 66.6 Å². The molecule has 2 N–H and O–H groups in total. The van der Waals surface area contributed by atoms with E-state index in [1.54, 1.807) is 12.1 Å². The van der Waals surface area contributed by atoms with Crippen molar-refractivity contribution >= 4 is 49.2 Å². The molecular weight excluding hydrogens is 430 g/mol. The van der Waals surface area contributed by atoms with Crippen LogP contribution in [0.4, 0.5) is 0 Å². The first-order chi connectivity index (χ1) is 14.0. The highest BCUT2D eigenvalue weighted by Crippen LogP contribution is 2.26. The van der Waals surface area contributed by atoms with Crippen molar-refractivity contribution in [3.8, 4) is 5.75 Å². The van der Waals surface area contributed by atoms with Crippen molar-refractivity contribution in [3.63, 3.8) is 0 Å². The van der Waals surface area contributed by atoms with Crippen LogP contribution >= 0.6 is 15.9 Å². The quantitative estimate of drug-likeness (QED) is 0.326. The van der Waals surface area contributed by atoms with Crippen molar-refractivity contribution in [1.82, 2.24) is 9.99 Å². The van der Waals surface area contributed by atoms with E-state index in [-0.39, 0.29) is 11.3 Å². The summed E-state index contributed by atoms with van der Waals surface area (Å²) in [5.74, 6) is -0.510. The third-order valence-electron chi connectivity index (χ3n) is 5.04. The van der Waals surface area contributed by atoms with E-state index >= 15 is 0 Å². The SMILES string of the molecule is CC/C(=N\NC(=O)c1cc2ccccc2cc1O)c1cc2cc(Br)ccc2n1C. The number of nitrogens with zero attached hydrogens (tertiary/aromatic N) is 2. The molecule has 4 rings (SSSR count). The summed E-state index contributed by atoms with van der Waals surface area (Å²) in [6.07, 6.45) is 0.648. The molecule has 4 aromatic rings. The van der Waals surface area contributed by atoms with Crippen LogP contribution in [-0.2, 0) is 7.05 Å². The highest BCUT2D eigenvalue weighted by atomic mass is 79.9. The number of hydrogen-bond donors (Lipinski definition) is 2. The summed E-state index contributed by atoms with van der Waals surface area (Å²) in [5, 5.41) is 17.5. The molecule has 0 aliphatic rings. The number of fused-ring (bicyclic) bond motifs is 2. The zero-order chi connectivity index (χ0) is 20.5. The lowest BCUT2D eigenvalue weighted by Gasteiger charge is -2.09. The number of hydrogen-bond acceptors (Lipinski definition) is 3. The second kappa shape index (κ2) is 7.72. The van der Waals surface area contributed by atoms with Gasteiger partial charge in [-0.3, -0.25) is 4.79 Å². The molecule has 1 amide bonds. The highest BCUT2D eigenvalue weighted by molar-refractivity contribution is 9.10. The van der Waals surface area contributed by atoms with E-state index in [0.29, 0.717) is 6.42 Å². The molecule has 0 saturated carbocycles. The summed E-state index contributed by atoms with van der Waals surface area (Å²) >= 11 is 3.50. The van der Waals surface area contributed by atoms with Gasteiger partial charge in [-0.15, -0.1) is 0 Å². The molecule has 0 atom stereocenters. The van der Waals surface area contributed by atoms with Gasteiger partial charge in [0.15, 0.2) is 0 Å². The number of amides is 1. The van der Waals surface area contributed by atoms with E-state index in [9.17, 15) is 9.90 Å². The van der Waals surface area contributed by atoms with Gasteiger partial charge in [0.25, 0.3) is 5.91 Å². The van der Waals surface area contributed by atoms with E-state index < -0.39 is 5.91 Å². The largest absolute Gasteiger partial charge is 0.507 e. The van der Waals surface area contributed by atoms with Crippen molar-refractivity contribution in [2.75, 3.05) is 0 Å². The van der Waals surface area contributed by atoms with Crippen LogP contribution in [0.1, 0.15) is 29.4 Å². The Morgan fingerprint density at radius 2 is 1.79 bits per heavy atom. The van der Waals surface area contributed by atoms with Crippen LogP contribution < -0.4 is 5.43 Å². The molecule has 0 bridgehead atoms.